The fraction of sp³-hybridized carbons (Fsp3) is 0.520. The first-order valence-corrected chi connectivity index (χ1v) is 11.9. The highest BCUT2D eigenvalue weighted by Crippen LogP contribution is 2.45. The van der Waals surface area contributed by atoms with E-state index in [1.807, 2.05) is 18.2 Å². The number of rotatable bonds is 9. The molecule has 4 N–H and O–H groups in total. The molecule has 1 unspecified atom stereocenters. The minimum Gasteiger partial charge on any atom is -0.364 e. The van der Waals surface area contributed by atoms with E-state index in [-0.39, 0.29) is 24.2 Å². The number of primary amides is 1. The van der Waals surface area contributed by atoms with Crippen LogP contribution in [0, 0.1) is 23.2 Å². The fourth-order valence-corrected chi connectivity index (χ4v) is 5.11. The van der Waals surface area contributed by atoms with Crippen LogP contribution in [-0.2, 0) is 9.59 Å². The Bertz CT molecular complexity index is 1150. The number of nitrogens with one attached hydrogen (secondary N) is 2. The van der Waals surface area contributed by atoms with Gasteiger partial charge in [-0.15, -0.1) is 0 Å². The van der Waals surface area contributed by atoms with Crippen LogP contribution in [0.1, 0.15) is 73.0 Å². The third kappa shape index (κ3) is 4.32. The van der Waals surface area contributed by atoms with Crippen molar-refractivity contribution in [2.75, 3.05) is 6.54 Å². The molecule has 1 aromatic heterocycles. The molecule has 2 aliphatic carbocycles. The first-order chi connectivity index (χ1) is 16.0. The van der Waals surface area contributed by atoms with E-state index in [0.29, 0.717) is 36.9 Å². The topological polar surface area (TPSA) is 130 Å². The van der Waals surface area contributed by atoms with E-state index in [9.17, 15) is 19.6 Å². The average molecular weight is 448 g/mol. The van der Waals surface area contributed by atoms with Crippen LogP contribution in [-0.4, -0.2) is 34.9 Å². The predicted molar refractivity (Wildman–Crippen MR) is 122 cm³/mol. The van der Waals surface area contributed by atoms with Crippen molar-refractivity contribution in [3.8, 4) is 6.07 Å². The quantitative estimate of drug-likeness (QED) is 0.545. The maximum atomic E-state index is 13.5. The smallest absolute Gasteiger partial charge is 0.265 e. The van der Waals surface area contributed by atoms with Crippen LogP contribution < -0.4 is 16.4 Å². The van der Waals surface area contributed by atoms with Gasteiger partial charge in [0.1, 0.15) is 17.8 Å². The Morgan fingerprint density at radius 1 is 1.21 bits per heavy atom. The Morgan fingerprint density at radius 2 is 2.00 bits per heavy atom. The van der Waals surface area contributed by atoms with Crippen molar-refractivity contribution >= 4 is 28.6 Å². The molecule has 1 aliphatic heterocycles. The predicted octanol–water partition coefficient (Wildman–Crippen LogP) is 2.49. The van der Waals surface area contributed by atoms with Crippen LogP contribution in [0.2, 0.25) is 0 Å². The number of nitriles is 1. The van der Waals surface area contributed by atoms with Gasteiger partial charge in [0.2, 0.25) is 11.8 Å². The number of carbonyl (C=O) groups excluding carboxylic acids is 3. The number of benzene rings is 1. The second-order valence-corrected chi connectivity index (χ2v) is 9.72. The molecular weight excluding hydrogens is 418 g/mol. The lowest BCUT2D eigenvalue weighted by atomic mass is 9.98. The number of hydrogen-bond acceptors (Lipinski definition) is 4. The monoisotopic (exact) mass is 447 g/mol. The Kier molecular flexibility index (Phi) is 5.57. The molecule has 1 aromatic carbocycles. The summed E-state index contributed by atoms with van der Waals surface area (Å²) in [4.78, 5) is 37.9. The minimum atomic E-state index is -0.770. The van der Waals surface area contributed by atoms with Gasteiger partial charge in [-0.1, -0.05) is 25.0 Å². The normalized spacial score (nSPS) is 21.9. The highest BCUT2D eigenvalue weighted by molar-refractivity contribution is 6.00. The largest absolute Gasteiger partial charge is 0.364 e. The van der Waals surface area contributed by atoms with Gasteiger partial charge in [-0.25, -0.2) is 0 Å². The Hall–Kier alpha value is -3.34. The van der Waals surface area contributed by atoms with Gasteiger partial charge in [-0.3, -0.25) is 14.4 Å². The Balaban J connectivity index is 1.48. The van der Waals surface area contributed by atoms with E-state index in [0.717, 1.165) is 36.6 Å². The van der Waals surface area contributed by atoms with Crippen molar-refractivity contribution in [3.63, 3.8) is 0 Å². The molecule has 2 aromatic rings. The second kappa shape index (κ2) is 8.54. The molecule has 0 spiro atoms. The van der Waals surface area contributed by atoms with Crippen LogP contribution in [0.3, 0.4) is 0 Å². The van der Waals surface area contributed by atoms with Gasteiger partial charge in [0.25, 0.3) is 5.91 Å². The van der Waals surface area contributed by atoms with E-state index in [1.165, 1.54) is 5.56 Å². The van der Waals surface area contributed by atoms with Crippen molar-refractivity contribution in [3.05, 3.63) is 35.5 Å². The first kappa shape index (κ1) is 21.5. The number of nitrogens with zero attached hydrogens (tertiary/aromatic N) is 2. The van der Waals surface area contributed by atoms with E-state index < -0.39 is 18.0 Å². The molecule has 2 heterocycles. The molecule has 8 heteroatoms. The third-order valence-electron chi connectivity index (χ3n) is 7.21. The van der Waals surface area contributed by atoms with Crippen LogP contribution in [0.5, 0.6) is 0 Å². The molecule has 33 heavy (non-hydrogen) atoms. The van der Waals surface area contributed by atoms with Gasteiger partial charge >= 0.3 is 0 Å². The number of hydrogen-bond donors (Lipinski definition) is 3. The number of fused-ring (bicyclic) bond motifs is 1. The standard InChI is InChI=1S/C25H29N5O3/c26-13-17(11-16-8-9-28-24(16)32)29-25(33)22(10-14-4-5-14)30-20-3-1-2-18(15-6-7-15)19(20)12-21(30)23(27)31/h1-3,12,14-17,22H,4-11H2,(H2,27,31)(H,28,32)(H,29,33)/t16-,17?,22-/m0/s1. The zero-order valence-electron chi connectivity index (χ0n) is 18.5. The first-order valence-electron chi connectivity index (χ1n) is 11.9. The van der Waals surface area contributed by atoms with Gasteiger partial charge in [-0.2, -0.15) is 5.26 Å². The van der Waals surface area contributed by atoms with Gasteiger partial charge < -0.3 is 20.9 Å². The molecule has 0 radical (unpaired) electrons. The summed E-state index contributed by atoms with van der Waals surface area (Å²) in [6, 6.07) is 8.55. The van der Waals surface area contributed by atoms with Crippen molar-refractivity contribution in [2.24, 2.45) is 17.6 Å². The van der Waals surface area contributed by atoms with Gasteiger partial charge in [0.05, 0.1) is 6.07 Å². The summed E-state index contributed by atoms with van der Waals surface area (Å²) in [5.41, 5.74) is 8.12. The highest BCUT2D eigenvalue weighted by atomic mass is 16.2. The lowest BCUT2D eigenvalue weighted by Crippen LogP contribution is -2.41. The van der Waals surface area contributed by atoms with Gasteiger partial charge in [0, 0.05) is 23.4 Å². The molecule has 172 valence electrons. The maximum absolute atomic E-state index is 13.5. The lowest BCUT2D eigenvalue weighted by molar-refractivity contribution is -0.126. The van der Waals surface area contributed by atoms with E-state index in [1.54, 1.807) is 4.57 Å². The summed E-state index contributed by atoms with van der Waals surface area (Å²) >= 11 is 0. The lowest BCUT2D eigenvalue weighted by Gasteiger charge is -2.24. The number of aromatic nitrogens is 1. The Labute approximate surface area is 192 Å². The molecule has 3 atom stereocenters. The summed E-state index contributed by atoms with van der Waals surface area (Å²) in [5.74, 6) is -0.316. The summed E-state index contributed by atoms with van der Waals surface area (Å²) in [5, 5.41) is 16.3. The van der Waals surface area contributed by atoms with Crippen molar-refractivity contribution in [2.45, 2.75) is 62.9 Å². The molecular formula is C25H29N5O3. The van der Waals surface area contributed by atoms with Crippen LogP contribution in [0.4, 0.5) is 0 Å². The minimum absolute atomic E-state index is 0.0703. The molecule has 0 bridgehead atoms. The van der Waals surface area contributed by atoms with Crippen LogP contribution in [0.15, 0.2) is 24.3 Å². The van der Waals surface area contributed by atoms with Crippen molar-refractivity contribution < 1.29 is 14.4 Å². The van der Waals surface area contributed by atoms with Gasteiger partial charge in [-0.05, 0) is 61.6 Å². The molecule has 8 nitrogen and oxygen atoms in total. The molecule has 3 aliphatic rings. The van der Waals surface area contributed by atoms with E-state index >= 15 is 0 Å². The molecule has 3 fully saturated rings. The second-order valence-electron chi connectivity index (χ2n) is 9.72. The Morgan fingerprint density at radius 3 is 2.61 bits per heavy atom. The zero-order chi connectivity index (χ0) is 23.1. The number of amides is 3. The van der Waals surface area contributed by atoms with Crippen LogP contribution >= 0.6 is 0 Å². The molecule has 3 amide bonds. The summed E-state index contributed by atoms with van der Waals surface area (Å²) < 4.78 is 1.79. The third-order valence-corrected chi connectivity index (χ3v) is 7.21. The fourth-order valence-electron chi connectivity index (χ4n) is 5.11. The number of carbonyl (C=O) groups is 3. The van der Waals surface area contributed by atoms with Crippen LogP contribution in [0.25, 0.3) is 10.9 Å². The van der Waals surface area contributed by atoms with Crippen molar-refractivity contribution in [1.29, 1.82) is 5.26 Å². The summed E-state index contributed by atoms with van der Waals surface area (Å²) in [6.45, 7) is 0.598. The number of nitrogens with two attached hydrogens (primary N) is 1. The molecule has 1 saturated heterocycles. The van der Waals surface area contributed by atoms with Crippen molar-refractivity contribution in [1.82, 2.24) is 15.2 Å². The summed E-state index contributed by atoms with van der Waals surface area (Å²) in [7, 11) is 0. The summed E-state index contributed by atoms with van der Waals surface area (Å²) in [6.07, 6.45) is 5.88. The molecule has 5 rings (SSSR count). The average Bonchev–Trinajstić information content (AvgIpc) is 3.72. The maximum Gasteiger partial charge on any atom is 0.265 e. The van der Waals surface area contributed by atoms with Gasteiger partial charge in [0.15, 0.2) is 0 Å². The SMILES string of the molecule is N#CC(C[C@@H]1CCNC1=O)NC(=O)[C@H](CC1CC1)n1c(C(N)=O)cc2c(C3CC3)cccc21. The molecule has 2 saturated carbocycles. The highest BCUT2D eigenvalue weighted by Gasteiger charge is 2.36. The van der Waals surface area contributed by atoms with E-state index in [4.69, 9.17) is 5.73 Å². The van der Waals surface area contributed by atoms with E-state index in [2.05, 4.69) is 22.8 Å². The zero-order valence-corrected chi connectivity index (χ0v) is 18.5.